The standard InChI is InChI=1S/C6H5BrN2O3/c1-12-6-5(9(10)11)4(7)2-3-8-6/h2-3H,1H3. The molecule has 64 valence electrons. The maximum absolute atomic E-state index is 10.5. The second-order valence-corrected chi connectivity index (χ2v) is 2.76. The van der Waals surface area contributed by atoms with E-state index in [1.54, 1.807) is 0 Å². The maximum atomic E-state index is 10.5. The largest absolute Gasteiger partial charge is 0.476 e. The van der Waals surface area contributed by atoms with Crippen LogP contribution in [-0.2, 0) is 0 Å². The number of pyridine rings is 1. The second kappa shape index (κ2) is 3.48. The Labute approximate surface area is 76.7 Å². The molecule has 6 heteroatoms. The molecule has 0 spiro atoms. The molecule has 0 saturated heterocycles. The van der Waals surface area contributed by atoms with Crippen molar-refractivity contribution in [3.8, 4) is 5.88 Å². The number of rotatable bonds is 2. The molecule has 0 N–H and O–H groups in total. The number of hydrogen-bond acceptors (Lipinski definition) is 4. The Morgan fingerprint density at radius 3 is 2.83 bits per heavy atom. The summed E-state index contributed by atoms with van der Waals surface area (Å²) in [5.74, 6) is 0.00868. The van der Waals surface area contributed by atoms with Crippen molar-refractivity contribution >= 4 is 21.6 Å². The van der Waals surface area contributed by atoms with E-state index in [0.29, 0.717) is 4.47 Å². The number of hydrogen-bond donors (Lipinski definition) is 0. The van der Waals surface area contributed by atoms with Crippen LogP contribution < -0.4 is 4.74 Å². The molecule has 0 aromatic carbocycles. The number of ether oxygens (including phenoxy) is 1. The van der Waals surface area contributed by atoms with Gasteiger partial charge >= 0.3 is 5.69 Å². The summed E-state index contributed by atoms with van der Waals surface area (Å²) in [4.78, 5) is 13.6. The van der Waals surface area contributed by atoms with Gasteiger partial charge < -0.3 is 4.74 Å². The molecule has 1 heterocycles. The molecule has 0 amide bonds. The molecule has 0 bridgehead atoms. The summed E-state index contributed by atoms with van der Waals surface area (Å²) in [6.45, 7) is 0. The van der Waals surface area contributed by atoms with Crippen molar-refractivity contribution in [2.45, 2.75) is 0 Å². The monoisotopic (exact) mass is 232 g/mol. The van der Waals surface area contributed by atoms with E-state index in [2.05, 4.69) is 20.9 Å². The van der Waals surface area contributed by atoms with Gasteiger partial charge in [0.05, 0.1) is 12.0 Å². The molecule has 0 aliphatic carbocycles. The van der Waals surface area contributed by atoms with Crippen LogP contribution in [0.3, 0.4) is 0 Å². The van der Waals surface area contributed by atoms with E-state index in [0.717, 1.165) is 0 Å². The summed E-state index contributed by atoms with van der Waals surface area (Å²) in [7, 11) is 1.34. The molecule has 5 nitrogen and oxygen atoms in total. The normalized spacial score (nSPS) is 9.50. The first-order chi connectivity index (χ1) is 5.66. The lowest BCUT2D eigenvalue weighted by Crippen LogP contribution is -1.96. The van der Waals surface area contributed by atoms with E-state index in [-0.39, 0.29) is 11.6 Å². The van der Waals surface area contributed by atoms with Crippen LogP contribution in [0.1, 0.15) is 0 Å². The molecule has 0 fully saturated rings. The molecule has 0 atom stereocenters. The van der Waals surface area contributed by atoms with Crippen LogP contribution in [0, 0.1) is 10.1 Å². The number of aromatic nitrogens is 1. The van der Waals surface area contributed by atoms with Crippen molar-refractivity contribution in [3.05, 3.63) is 26.9 Å². The quantitative estimate of drug-likeness (QED) is 0.576. The van der Waals surface area contributed by atoms with Gasteiger partial charge in [0, 0.05) is 6.20 Å². The summed E-state index contributed by atoms with van der Waals surface area (Å²) in [5, 5.41) is 10.5. The lowest BCUT2D eigenvalue weighted by molar-refractivity contribution is -0.387. The molecule has 1 rings (SSSR count). The first-order valence-electron chi connectivity index (χ1n) is 2.99. The van der Waals surface area contributed by atoms with Crippen molar-refractivity contribution in [1.29, 1.82) is 0 Å². The lowest BCUT2D eigenvalue weighted by atomic mass is 10.4. The van der Waals surface area contributed by atoms with Gasteiger partial charge in [-0.15, -0.1) is 0 Å². The van der Waals surface area contributed by atoms with Crippen LogP contribution in [0.5, 0.6) is 5.88 Å². The van der Waals surface area contributed by atoms with Crippen LogP contribution in [0.4, 0.5) is 5.69 Å². The van der Waals surface area contributed by atoms with Gasteiger partial charge in [-0.25, -0.2) is 4.98 Å². The first kappa shape index (κ1) is 8.92. The SMILES string of the molecule is COc1nccc(Br)c1[N+](=O)[O-]. The van der Waals surface area contributed by atoms with E-state index < -0.39 is 4.92 Å². The highest BCUT2D eigenvalue weighted by Crippen LogP contribution is 2.31. The molecule has 0 unspecified atom stereocenters. The highest BCUT2D eigenvalue weighted by molar-refractivity contribution is 9.10. The van der Waals surface area contributed by atoms with Crippen molar-refractivity contribution < 1.29 is 9.66 Å². The Morgan fingerprint density at radius 1 is 1.75 bits per heavy atom. The molecule has 1 aromatic heterocycles. The number of nitro groups is 1. The zero-order valence-electron chi connectivity index (χ0n) is 6.15. The molecule has 0 aliphatic rings. The molecular weight excluding hydrogens is 228 g/mol. The Hall–Kier alpha value is -1.17. The average molecular weight is 233 g/mol. The Bertz CT molecular complexity index is 316. The molecule has 0 aliphatic heterocycles. The van der Waals surface area contributed by atoms with Gasteiger partial charge in [-0.2, -0.15) is 0 Å². The average Bonchev–Trinajstić information content (AvgIpc) is 2.03. The summed E-state index contributed by atoms with van der Waals surface area (Å²) in [6.07, 6.45) is 1.43. The molecular formula is C6H5BrN2O3. The van der Waals surface area contributed by atoms with Crippen LogP contribution in [0.25, 0.3) is 0 Å². The first-order valence-corrected chi connectivity index (χ1v) is 3.79. The van der Waals surface area contributed by atoms with Crippen LogP contribution in [-0.4, -0.2) is 17.0 Å². The summed E-state index contributed by atoms with van der Waals surface area (Å²) in [5.41, 5.74) is -0.153. The summed E-state index contributed by atoms with van der Waals surface area (Å²) < 4.78 is 5.07. The van der Waals surface area contributed by atoms with E-state index in [1.165, 1.54) is 19.4 Å². The zero-order chi connectivity index (χ0) is 9.14. The fourth-order valence-corrected chi connectivity index (χ4v) is 1.16. The third-order valence-electron chi connectivity index (χ3n) is 1.22. The van der Waals surface area contributed by atoms with Crippen molar-refractivity contribution in [1.82, 2.24) is 4.98 Å². The van der Waals surface area contributed by atoms with E-state index in [9.17, 15) is 10.1 Å². The van der Waals surface area contributed by atoms with Gasteiger partial charge in [0.25, 0.3) is 5.88 Å². The maximum Gasteiger partial charge on any atom is 0.344 e. The third-order valence-corrected chi connectivity index (χ3v) is 1.86. The minimum absolute atomic E-state index is 0.00868. The predicted molar refractivity (Wildman–Crippen MR) is 45.1 cm³/mol. The zero-order valence-corrected chi connectivity index (χ0v) is 7.74. The number of nitrogens with zero attached hydrogens (tertiary/aromatic N) is 2. The lowest BCUT2D eigenvalue weighted by Gasteiger charge is -1.99. The summed E-state index contributed by atoms with van der Waals surface area (Å²) >= 11 is 3.03. The van der Waals surface area contributed by atoms with Gasteiger partial charge in [-0.05, 0) is 22.0 Å². The molecule has 12 heavy (non-hydrogen) atoms. The van der Waals surface area contributed by atoms with Crippen molar-refractivity contribution in [2.24, 2.45) is 0 Å². The van der Waals surface area contributed by atoms with E-state index >= 15 is 0 Å². The van der Waals surface area contributed by atoms with Crippen LogP contribution in [0.15, 0.2) is 16.7 Å². The molecule has 0 radical (unpaired) electrons. The van der Waals surface area contributed by atoms with E-state index in [4.69, 9.17) is 4.74 Å². The Balaban J connectivity index is 3.29. The van der Waals surface area contributed by atoms with Gasteiger partial charge in [0.2, 0.25) is 0 Å². The Morgan fingerprint density at radius 2 is 2.42 bits per heavy atom. The predicted octanol–water partition coefficient (Wildman–Crippen LogP) is 1.76. The highest BCUT2D eigenvalue weighted by Gasteiger charge is 2.19. The number of halogens is 1. The third kappa shape index (κ3) is 1.53. The number of methoxy groups -OCH3 is 1. The minimum Gasteiger partial charge on any atom is -0.476 e. The highest BCUT2D eigenvalue weighted by atomic mass is 79.9. The van der Waals surface area contributed by atoms with Crippen LogP contribution >= 0.6 is 15.9 Å². The van der Waals surface area contributed by atoms with Gasteiger partial charge in [-0.3, -0.25) is 10.1 Å². The van der Waals surface area contributed by atoms with Gasteiger partial charge in [0.1, 0.15) is 4.47 Å². The topological polar surface area (TPSA) is 65.3 Å². The van der Waals surface area contributed by atoms with Crippen molar-refractivity contribution in [2.75, 3.05) is 7.11 Å². The minimum atomic E-state index is -0.546. The molecule has 1 aromatic rings. The smallest absolute Gasteiger partial charge is 0.344 e. The fraction of sp³-hybridized carbons (Fsp3) is 0.167. The van der Waals surface area contributed by atoms with Gasteiger partial charge in [0.15, 0.2) is 0 Å². The van der Waals surface area contributed by atoms with E-state index in [1.807, 2.05) is 0 Å². The summed E-state index contributed by atoms with van der Waals surface area (Å²) in [6, 6.07) is 1.49. The van der Waals surface area contributed by atoms with Crippen molar-refractivity contribution in [3.63, 3.8) is 0 Å². The second-order valence-electron chi connectivity index (χ2n) is 1.91. The van der Waals surface area contributed by atoms with Crippen LogP contribution in [0.2, 0.25) is 0 Å². The Kier molecular flexibility index (Phi) is 2.59. The van der Waals surface area contributed by atoms with Gasteiger partial charge in [-0.1, -0.05) is 0 Å². The fourth-order valence-electron chi connectivity index (χ4n) is 0.727. The molecule has 0 saturated carbocycles.